The molecule has 0 spiro atoms. The zero-order valence-electron chi connectivity index (χ0n) is 10.7. The maximum absolute atomic E-state index is 13.6. The molecule has 0 heterocycles. The van der Waals surface area contributed by atoms with Crippen LogP contribution in [0.2, 0.25) is 5.02 Å². The average Bonchev–Trinajstić information content (AvgIpc) is 2.35. The van der Waals surface area contributed by atoms with Crippen molar-refractivity contribution >= 4 is 11.6 Å². The van der Waals surface area contributed by atoms with Crippen molar-refractivity contribution < 1.29 is 8.78 Å². The standard InChI is InChI=1S/C13H19ClF2N2/c1-3-18(4-2)8-7-11(17)12-9(14)5-6-10(15)13(12)16/h5-6,11H,3-4,7-8,17H2,1-2H3. The molecule has 0 aliphatic carbocycles. The Morgan fingerprint density at radius 3 is 2.44 bits per heavy atom. The van der Waals surface area contributed by atoms with Gasteiger partial charge in [-0.25, -0.2) is 8.78 Å². The van der Waals surface area contributed by atoms with E-state index in [1.165, 1.54) is 6.07 Å². The zero-order valence-corrected chi connectivity index (χ0v) is 11.5. The second-order valence-corrected chi connectivity index (χ2v) is 4.59. The topological polar surface area (TPSA) is 29.3 Å². The highest BCUT2D eigenvalue weighted by Gasteiger charge is 2.19. The van der Waals surface area contributed by atoms with Gasteiger partial charge in [0.25, 0.3) is 0 Å². The molecule has 0 bridgehead atoms. The lowest BCUT2D eigenvalue weighted by molar-refractivity contribution is 0.289. The van der Waals surface area contributed by atoms with E-state index in [9.17, 15) is 8.78 Å². The summed E-state index contributed by atoms with van der Waals surface area (Å²) >= 11 is 5.88. The third-order valence-corrected chi connectivity index (χ3v) is 3.43. The number of rotatable bonds is 6. The van der Waals surface area contributed by atoms with Crippen molar-refractivity contribution in [1.82, 2.24) is 4.90 Å². The summed E-state index contributed by atoms with van der Waals surface area (Å²) < 4.78 is 26.8. The fraction of sp³-hybridized carbons (Fsp3) is 0.538. The van der Waals surface area contributed by atoms with E-state index in [-0.39, 0.29) is 10.6 Å². The van der Waals surface area contributed by atoms with Crippen molar-refractivity contribution in [2.75, 3.05) is 19.6 Å². The van der Waals surface area contributed by atoms with Crippen LogP contribution in [0.25, 0.3) is 0 Å². The number of nitrogens with zero attached hydrogens (tertiary/aromatic N) is 1. The molecule has 0 fully saturated rings. The molecule has 18 heavy (non-hydrogen) atoms. The van der Waals surface area contributed by atoms with E-state index in [1.807, 2.05) is 13.8 Å². The molecule has 1 aromatic carbocycles. The van der Waals surface area contributed by atoms with Crippen LogP contribution in [0.3, 0.4) is 0 Å². The Kier molecular flexibility index (Phi) is 5.99. The Bertz CT molecular complexity index is 395. The third kappa shape index (κ3) is 3.64. The van der Waals surface area contributed by atoms with Gasteiger partial charge in [0.15, 0.2) is 11.6 Å². The highest BCUT2D eigenvalue weighted by Crippen LogP contribution is 2.28. The first-order valence-electron chi connectivity index (χ1n) is 6.12. The number of benzene rings is 1. The lowest BCUT2D eigenvalue weighted by Crippen LogP contribution is -2.27. The smallest absolute Gasteiger partial charge is 0.165 e. The van der Waals surface area contributed by atoms with E-state index in [4.69, 9.17) is 17.3 Å². The predicted octanol–water partition coefficient (Wildman–Crippen LogP) is 3.35. The summed E-state index contributed by atoms with van der Waals surface area (Å²) in [6.45, 7) is 6.64. The molecule has 2 N–H and O–H groups in total. The second-order valence-electron chi connectivity index (χ2n) is 4.18. The average molecular weight is 277 g/mol. The van der Waals surface area contributed by atoms with Crippen molar-refractivity contribution in [2.24, 2.45) is 5.73 Å². The highest BCUT2D eigenvalue weighted by atomic mass is 35.5. The Hall–Kier alpha value is -0.710. The number of halogens is 3. The van der Waals surface area contributed by atoms with E-state index in [0.717, 1.165) is 25.7 Å². The lowest BCUT2D eigenvalue weighted by atomic mass is 10.0. The predicted molar refractivity (Wildman–Crippen MR) is 70.7 cm³/mol. The first kappa shape index (κ1) is 15.3. The summed E-state index contributed by atoms with van der Waals surface area (Å²) in [5.41, 5.74) is 5.98. The Morgan fingerprint density at radius 1 is 1.28 bits per heavy atom. The number of hydrogen-bond acceptors (Lipinski definition) is 2. The summed E-state index contributed by atoms with van der Waals surface area (Å²) in [6.07, 6.45) is 0.543. The molecule has 1 rings (SSSR count). The van der Waals surface area contributed by atoms with Crippen LogP contribution in [0.5, 0.6) is 0 Å². The normalized spacial score (nSPS) is 13.1. The van der Waals surface area contributed by atoms with Crippen molar-refractivity contribution in [3.63, 3.8) is 0 Å². The fourth-order valence-electron chi connectivity index (χ4n) is 1.89. The van der Waals surface area contributed by atoms with Gasteiger partial charge in [-0.1, -0.05) is 25.4 Å². The van der Waals surface area contributed by atoms with Crippen LogP contribution in [0.15, 0.2) is 12.1 Å². The van der Waals surface area contributed by atoms with Crippen LogP contribution >= 0.6 is 11.6 Å². The number of hydrogen-bond donors (Lipinski definition) is 1. The Morgan fingerprint density at radius 2 is 1.89 bits per heavy atom. The van der Waals surface area contributed by atoms with Crippen LogP contribution in [0, 0.1) is 11.6 Å². The highest BCUT2D eigenvalue weighted by molar-refractivity contribution is 6.31. The summed E-state index contributed by atoms with van der Waals surface area (Å²) in [5.74, 6) is -1.85. The molecule has 1 aromatic rings. The van der Waals surface area contributed by atoms with Gasteiger partial charge in [0.1, 0.15) is 0 Å². The van der Waals surface area contributed by atoms with E-state index in [1.54, 1.807) is 0 Å². The minimum Gasteiger partial charge on any atom is -0.324 e. The first-order valence-corrected chi connectivity index (χ1v) is 6.50. The molecule has 2 nitrogen and oxygen atoms in total. The monoisotopic (exact) mass is 276 g/mol. The molecule has 1 unspecified atom stereocenters. The van der Waals surface area contributed by atoms with Gasteiger partial charge in [-0.05, 0) is 38.2 Å². The van der Waals surface area contributed by atoms with Gasteiger partial charge in [0.2, 0.25) is 0 Å². The van der Waals surface area contributed by atoms with Crippen LogP contribution in [0.4, 0.5) is 8.78 Å². The van der Waals surface area contributed by atoms with Crippen molar-refractivity contribution in [3.05, 3.63) is 34.4 Å². The molecule has 1 atom stereocenters. The fourth-order valence-corrected chi connectivity index (χ4v) is 2.17. The second kappa shape index (κ2) is 7.02. The molecule has 0 saturated carbocycles. The Labute approximate surface area is 112 Å². The van der Waals surface area contributed by atoms with Crippen LogP contribution in [-0.4, -0.2) is 24.5 Å². The zero-order chi connectivity index (χ0) is 13.7. The Balaban J connectivity index is 2.78. The van der Waals surface area contributed by atoms with Gasteiger partial charge in [0.05, 0.1) is 0 Å². The van der Waals surface area contributed by atoms with Gasteiger partial charge >= 0.3 is 0 Å². The lowest BCUT2D eigenvalue weighted by Gasteiger charge is -2.21. The quantitative estimate of drug-likeness (QED) is 0.808. The van der Waals surface area contributed by atoms with Crippen LogP contribution < -0.4 is 5.73 Å². The van der Waals surface area contributed by atoms with E-state index in [0.29, 0.717) is 6.42 Å². The van der Waals surface area contributed by atoms with Crippen molar-refractivity contribution in [2.45, 2.75) is 26.3 Å². The number of nitrogens with two attached hydrogens (primary N) is 1. The summed E-state index contributed by atoms with van der Waals surface area (Å²) in [5, 5.41) is 0.181. The largest absolute Gasteiger partial charge is 0.324 e. The van der Waals surface area contributed by atoms with Gasteiger partial charge in [-0.3, -0.25) is 0 Å². The molecule has 5 heteroatoms. The molecule has 102 valence electrons. The van der Waals surface area contributed by atoms with E-state index in [2.05, 4.69) is 4.90 Å². The van der Waals surface area contributed by atoms with Crippen molar-refractivity contribution in [1.29, 1.82) is 0 Å². The molecule has 0 aromatic heterocycles. The van der Waals surface area contributed by atoms with Crippen LogP contribution in [-0.2, 0) is 0 Å². The molecule has 0 amide bonds. The minimum atomic E-state index is -0.936. The maximum Gasteiger partial charge on any atom is 0.165 e. The SMILES string of the molecule is CCN(CC)CCC(N)c1c(Cl)ccc(F)c1F. The molecule has 0 saturated heterocycles. The molecule has 0 radical (unpaired) electrons. The third-order valence-electron chi connectivity index (χ3n) is 3.10. The molecular formula is C13H19ClF2N2. The van der Waals surface area contributed by atoms with E-state index < -0.39 is 17.7 Å². The molecule has 0 aliphatic rings. The summed E-state index contributed by atoms with van der Waals surface area (Å²) in [7, 11) is 0. The van der Waals surface area contributed by atoms with Gasteiger partial charge in [-0.15, -0.1) is 0 Å². The minimum absolute atomic E-state index is 0.0730. The van der Waals surface area contributed by atoms with Gasteiger partial charge in [0, 0.05) is 16.6 Å². The summed E-state index contributed by atoms with van der Waals surface area (Å²) in [4.78, 5) is 2.17. The van der Waals surface area contributed by atoms with Gasteiger partial charge in [-0.2, -0.15) is 0 Å². The first-order chi connectivity index (χ1) is 8.51. The summed E-state index contributed by atoms with van der Waals surface area (Å²) in [6, 6.07) is 1.76. The molecule has 0 aliphatic heterocycles. The van der Waals surface area contributed by atoms with Crippen LogP contribution in [0.1, 0.15) is 31.9 Å². The molecular weight excluding hydrogens is 258 g/mol. The van der Waals surface area contributed by atoms with Gasteiger partial charge < -0.3 is 10.6 Å². The van der Waals surface area contributed by atoms with Crippen molar-refractivity contribution in [3.8, 4) is 0 Å². The van der Waals surface area contributed by atoms with E-state index >= 15 is 0 Å². The maximum atomic E-state index is 13.6.